The Hall–Kier alpha value is -0.570. The third-order valence-electron chi connectivity index (χ3n) is 2.64. The average Bonchev–Trinajstić information content (AvgIpc) is 2.03. The fourth-order valence-corrected chi connectivity index (χ4v) is 1.97. The molecule has 0 aromatic carbocycles. The van der Waals surface area contributed by atoms with Gasteiger partial charge in [0.1, 0.15) is 0 Å². The van der Waals surface area contributed by atoms with E-state index >= 15 is 0 Å². The van der Waals surface area contributed by atoms with Crippen LogP contribution in [-0.4, -0.2) is 30.4 Å². The Labute approximate surface area is 80.3 Å². The van der Waals surface area contributed by atoms with E-state index in [9.17, 15) is 4.79 Å². The molecule has 0 aromatic rings. The zero-order chi connectivity index (χ0) is 9.68. The van der Waals surface area contributed by atoms with E-state index in [2.05, 4.69) is 11.8 Å². The predicted molar refractivity (Wildman–Crippen MR) is 53.3 cm³/mol. The molecule has 0 saturated carbocycles. The van der Waals surface area contributed by atoms with Gasteiger partial charge in [0.2, 0.25) is 5.91 Å². The summed E-state index contributed by atoms with van der Waals surface area (Å²) in [4.78, 5) is 13.0. The number of amides is 1. The largest absolute Gasteiger partial charge is 0.370 e. The molecule has 1 atom stereocenters. The summed E-state index contributed by atoms with van der Waals surface area (Å²) in [5.74, 6) is 0.646. The number of hydrogen-bond acceptors (Lipinski definition) is 2. The van der Waals surface area contributed by atoms with Crippen LogP contribution in [0, 0.1) is 5.92 Å². The first kappa shape index (κ1) is 10.5. The van der Waals surface area contributed by atoms with Gasteiger partial charge in [-0.05, 0) is 38.3 Å². The second-order valence-corrected chi connectivity index (χ2v) is 4.12. The number of carbonyl (C=O) groups is 1. The van der Waals surface area contributed by atoms with Crippen LogP contribution in [-0.2, 0) is 4.79 Å². The van der Waals surface area contributed by atoms with E-state index in [0.717, 1.165) is 18.9 Å². The highest BCUT2D eigenvalue weighted by Gasteiger charge is 2.15. The lowest BCUT2D eigenvalue weighted by Crippen LogP contribution is -2.35. The van der Waals surface area contributed by atoms with Crippen LogP contribution >= 0.6 is 0 Å². The molecule has 1 aliphatic heterocycles. The number of piperidine rings is 1. The van der Waals surface area contributed by atoms with Gasteiger partial charge >= 0.3 is 0 Å². The van der Waals surface area contributed by atoms with Crippen molar-refractivity contribution >= 4 is 5.91 Å². The lowest BCUT2D eigenvalue weighted by molar-refractivity contribution is -0.118. The maximum atomic E-state index is 10.5. The van der Waals surface area contributed by atoms with E-state index in [1.165, 1.54) is 25.9 Å². The minimum Gasteiger partial charge on any atom is -0.370 e. The molecule has 1 heterocycles. The quantitative estimate of drug-likeness (QED) is 0.708. The van der Waals surface area contributed by atoms with Crippen LogP contribution in [0.3, 0.4) is 0 Å². The molecule has 1 saturated heterocycles. The summed E-state index contributed by atoms with van der Waals surface area (Å²) in [6.45, 7) is 5.72. The van der Waals surface area contributed by atoms with E-state index in [4.69, 9.17) is 5.73 Å². The Balaban J connectivity index is 2.10. The van der Waals surface area contributed by atoms with Gasteiger partial charge in [-0.25, -0.2) is 0 Å². The monoisotopic (exact) mass is 184 g/mol. The summed E-state index contributed by atoms with van der Waals surface area (Å²) in [6.07, 6.45) is 4.11. The second kappa shape index (κ2) is 5.22. The summed E-state index contributed by atoms with van der Waals surface area (Å²) in [5.41, 5.74) is 5.08. The molecule has 0 spiro atoms. The number of carbonyl (C=O) groups excluding carboxylic acids is 1. The molecule has 2 N–H and O–H groups in total. The molecule has 76 valence electrons. The van der Waals surface area contributed by atoms with Crippen molar-refractivity contribution in [3.05, 3.63) is 0 Å². The van der Waals surface area contributed by atoms with Crippen LogP contribution in [0.5, 0.6) is 0 Å². The van der Waals surface area contributed by atoms with Gasteiger partial charge in [0.25, 0.3) is 0 Å². The van der Waals surface area contributed by atoms with Gasteiger partial charge in [-0.15, -0.1) is 0 Å². The van der Waals surface area contributed by atoms with Crippen LogP contribution in [0.25, 0.3) is 0 Å². The van der Waals surface area contributed by atoms with Gasteiger partial charge in [-0.2, -0.15) is 0 Å². The third-order valence-corrected chi connectivity index (χ3v) is 2.64. The van der Waals surface area contributed by atoms with Gasteiger partial charge in [0.05, 0.1) is 0 Å². The Bertz CT molecular complexity index is 170. The molecule has 0 aliphatic carbocycles. The molecule has 1 rings (SSSR count). The number of primary amides is 1. The fourth-order valence-electron chi connectivity index (χ4n) is 1.97. The molecule has 0 radical (unpaired) electrons. The number of likely N-dealkylation sites (tertiary alicyclic amines) is 1. The predicted octanol–water partition coefficient (Wildman–Crippen LogP) is 0.984. The van der Waals surface area contributed by atoms with Crippen LogP contribution in [0.4, 0.5) is 0 Å². The molecule has 3 nitrogen and oxygen atoms in total. The molecule has 0 bridgehead atoms. The van der Waals surface area contributed by atoms with Crippen molar-refractivity contribution in [2.45, 2.75) is 32.6 Å². The van der Waals surface area contributed by atoms with Crippen molar-refractivity contribution in [2.75, 3.05) is 19.6 Å². The zero-order valence-corrected chi connectivity index (χ0v) is 8.46. The molecule has 13 heavy (non-hydrogen) atoms. The molecular weight excluding hydrogens is 164 g/mol. The van der Waals surface area contributed by atoms with Crippen molar-refractivity contribution in [1.82, 2.24) is 4.90 Å². The number of rotatable bonds is 4. The van der Waals surface area contributed by atoms with E-state index < -0.39 is 0 Å². The Morgan fingerprint density at radius 3 is 3.00 bits per heavy atom. The lowest BCUT2D eigenvalue weighted by Gasteiger charge is -2.30. The number of nitrogens with two attached hydrogens (primary N) is 1. The molecule has 1 amide bonds. The van der Waals surface area contributed by atoms with Gasteiger partial charge in [-0.1, -0.05) is 6.92 Å². The first-order valence-corrected chi connectivity index (χ1v) is 5.19. The number of nitrogens with zero attached hydrogens (tertiary/aromatic N) is 1. The summed E-state index contributed by atoms with van der Waals surface area (Å²) < 4.78 is 0. The van der Waals surface area contributed by atoms with Gasteiger partial charge in [-0.3, -0.25) is 4.79 Å². The van der Waals surface area contributed by atoms with Crippen LogP contribution in [0.1, 0.15) is 32.6 Å². The Kier molecular flexibility index (Phi) is 4.22. The molecule has 1 aliphatic rings. The maximum Gasteiger partial charge on any atom is 0.217 e. The van der Waals surface area contributed by atoms with Gasteiger partial charge in [0, 0.05) is 13.0 Å². The van der Waals surface area contributed by atoms with E-state index in [1.54, 1.807) is 0 Å². The fraction of sp³-hybridized carbons (Fsp3) is 0.900. The molecule has 3 heteroatoms. The Morgan fingerprint density at radius 1 is 1.62 bits per heavy atom. The first-order chi connectivity index (χ1) is 6.18. The minimum atomic E-state index is -0.176. The molecule has 1 unspecified atom stereocenters. The van der Waals surface area contributed by atoms with Crippen LogP contribution in [0.2, 0.25) is 0 Å². The standard InChI is InChI=1S/C10H20N2O/c1-9-4-2-6-12(8-9)7-3-5-10(11)13/h9H,2-8H2,1H3,(H2,11,13). The van der Waals surface area contributed by atoms with Crippen molar-refractivity contribution in [2.24, 2.45) is 11.7 Å². The topological polar surface area (TPSA) is 46.3 Å². The van der Waals surface area contributed by atoms with Crippen molar-refractivity contribution < 1.29 is 4.79 Å². The normalized spacial score (nSPS) is 24.5. The molecule has 0 aromatic heterocycles. The van der Waals surface area contributed by atoms with E-state index in [0.29, 0.717) is 6.42 Å². The lowest BCUT2D eigenvalue weighted by atomic mass is 10.0. The smallest absolute Gasteiger partial charge is 0.217 e. The zero-order valence-electron chi connectivity index (χ0n) is 8.46. The summed E-state index contributed by atoms with van der Waals surface area (Å²) in [6, 6.07) is 0. The SMILES string of the molecule is CC1CCCN(CCCC(N)=O)C1. The Morgan fingerprint density at radius 2 is 2.38 bits per heavy atom. The highest BCUT2D eigenvalue weighted by atomic mass is 16.1. The second-order valence-electron chi connectivity index (χ2n) is 4.12. The summed E-state index contributed by atoms with van der Waals surface area (Å²) in [7, 11) is 0. The van der Waals surface area contributed by atoms with Crippen molar-refractivity contribution in [1.29, 1.82) is 0 Å². The van der Waals surface area contributed by atoms with Crippen molar-refractivity contribution in [3.63, 3.8) is 0 Å². The van der Waals surface area contributed by atoms with Crippen molar-refractivity contribution in [3.8, 4) is 0 Å². The summed E-state index contributed by atoms with van der Waals surface area (Å²) >= 11 is 0. The first-order valence-electron chi connectivity index (χ1n) is 5.19. The highest BCUT2D eigenvalue weighted by molar-refractivity contribution is 5.73. The third kappa shape index (κ3) is 4.27. The number of hydrogen-bond donors (Lipinski definition) is 1. The van der Waals surface area contributed by atoms with Crippen LogP contribution < -0.4 is 5.73 Å². The summed E-state index contributed by atoms with van der Waals surface area (Å²) in [5, 5.41) is 0. The minimum absolute atomic E-state index is 0.176. The average molecular weight is 184 g/mol. The van der Waals surface area contributed by atoms with Gasteiger partial charge in [0.15, 0.2) is 0 Å². The maximum absolute atomic E-state index is 10.5. The van der Waals surface area contributed by atoms with Crippen LogP contribution in [0.15, 0.2) is 0 Å². The van der Waals surface area contributed by atoms with Gasteiger partial charge < -0.3 is 10.6 Å². The van der Waals surface area contributed by atoms with E-state index in [-0.39, 0.29) is 5.91 Å². The highest BCUT2D eigenvalue weighted by Crippen LogP contribution is 2.15. The van der Waals surface area contributed by atoms with E-state index in [1.807, 2.05) is 0 Å². The molecular formula is C10H20N2O. The molecule has 1 fully saturated rings.